The van der Waals surface area contributed by atoms with E-state index in [1.807, 2.05) is 18.5 Å². The van der Waals surface area contributed by atoms with Crippen LogP contribution in [0.2, 0.25) is 5.02 Å². The van der Waals surface area contributed by atoms with Crippen molar-refractivity contribution in [1.82, 2.24) is 56.4 Å². The maximum atomic E-state index is 14.9. The second kappa shape index (κ2) is 35.4. The molecule has 1 spiro atoms. The van der Waals surface area contributed by atoms with Crippen LogP contribution < -0.4 is 31.9 Å². The molecule has 11 atom stereocenters. The van der Waals surface area contributed by atoms with Crippen LogP contribution >= 0.6 is 11.6 Å². The van der Waals surface area contributed by atoms with Gasteiger partial charge in [0, 0.05) is 168 Å². The van der Waals surface area contributed by atoms with Crippen molar-refractivity contribution < 1.29 is 18.0 Å². The number of alkyl halides is 3. The number of piperidine rings is 1. The maximum absolute atomic E-state index is 14.9. The van der Waals surface area contributed by atoms with Crippen LogP contribution in [0.4, 0.5) is 13.2 Å². The first-order valence-corrected chi connectivity index (χ1v) is 36.9. The second-order valence-electron chi connectivity index (χ2n) is 29.8. The SMILES string of the molecule is CC[C@H](C)[C@H]1CN[C@@H](C2CCCCC2)C(C)NCC2[C@@H](C(=O)N3CCCCC3)C(C)N2[C@@H](C(C)C)C(C)NC2(CCCC2)CNCCN=CC=C(CCc2ccc(C(F)(F)F)c(Cl)c2)NC=CN(C)C=C(CC2CCCCC2)N(C)C=C2CCCN2[C@@H](C)C(C)N1. The van der Waals surface area contributed by atoms with Gasteiger partial charge in [0.15, 0.2) is 0 Å². The fraction of sp³-hybridized carbons (Fsp3) is 0.784. The summed E-state index contributed by atoms with van der Waals surface area (Å²) in [5.41, 5.74) is 3.45. The third kappa shape index (κ3) is 20.4. The minimum Gasteiger partial charge on any atom is -0.369 e. The first kappa shape index (κ1) is 73.2. The summed E-state index contributed by atoms with van der Waals surface area (Å²) in [6.07, 6.45) is 34.3. The highest BCUT2D eigenvalue weighted by molar-refractivity contribution is 6.31. The van der Waals surface area contributed by atoms with E-state index in [2.05, 4.69) is 151 Å². The van der Waals surface area contributed by atoms with E-state index < -0.39 is 11.7 Å². The number of hydrogen-bond donors (Lipinski definition) is 6. The molecule has 4 aliphatic heterocycles. The van der Waals surface area contributed by atoms with Gasteiger partial charge in [0.1, 0.15) is 0 Å². The number of fused-ring (bicyclic) bond motifs is 2. The van der Waals surface area contributed by atoms with Crippen LogP contribution in [0.15, 0.2) is 71.2 Å². The molecular formula is C74H124ClF3N12O. The Morgan fingerprint density at radius 2 is 1.51 bits per heavy atom. The van der Waals surface area contributed by atoms with E-state index in [0.717, 1.165) is 115 Å². The molecule has 3 saturated carbocycles. The zero-order chi connectivity index (χ0) is 65.2. The molecule has 8 rings (SSSR count). The number of carbonyl (C=O) groups is 1. The summed E-state index contributed by atoms with van der Waals surface area (Å²) in [7, 11) is 4.34. The first-order chi connectivity index (χ1) is 43.7. The van der Waals surface area contributed by atoms with Crippen LogP contribution in [0.1, 0.15) is 215 Å². The highest BCUT2D eigenvalue weighted by Gasteiger charge is 2.55. The van der Waals surface area contributed by atoms with Gasteiger partial charge in [-0.15, -0.1) is 0 Å². The topological polar surface area (TPSA) is 118 Å². The highest BCUT2D eigenvalue weighted by atomic mass is 35.5. The number of halogens is 4. The molecule has 1 aromatic rings. The lowest BCUT2D eigenvalue weighted by Gasteiger charge is -2.60. The second-order valence-corrected chi connectivity index (χ2v) is 30.2. The summed E-state index contributed by atoms with van der Waals surface area (Å²) in [6.45, 7) is 28.3. The van der Waals surface area contributed by atoms with Gasteiger partial charge in [0.05, 0.1) is 23.0 Å². The summed E-state index contributed by atoms with van der Waals surface area (Å²) < 4.78 is 41.1. The van der Waals surface area contributed by atoms with Crippen molar-refractivity contribution in [2.24, 2.45) is 34.6 Å². The summed E-state index contributed by atoms with van der Waals surface area (Å²) >= 11 is 6.21. The average Bonchev–Trinajstić information content (AvgIpc) is 0.965. The van der Waals surface area contributed by atoms with E-state index in [0.29, 0.717) is 67.1 Å². The molecule has 1 amide bonds. The number of nitrogens with one attached hydrogen (secondary N) is 6. The lowest BCUT2D eigenvalue weighted by molar-refractivity contribution is -0.162. The molecule has 91 heavy (non-hydrogen) atoms. The fourth-order valence-corrected chi connectivity index (χ4v) is 17.5. The van der Waals surface area contributed by atoms with Crippen molar-refractivity contribution in [1.29, 1.82) is 0 Å². The van der Waals surface area contributed by atoms with Crippen LogP contribution in [0.3, 0.4) is 0 Å². The zero-order valence-electron chi connectivity index (χ0n) is 58.3. The van der Waals surface area contributed by atoms with Gasteiger partial charge in [-0.25, -0.2) is 0 Å². The Labute approximate surface area is 554 Å². The first-order valence-electron chi connectivity index (χ1n) is 36.5. The molecule has 0 radical (unpaired) electrons. The molecule has 514 valence electrons. The molecule has 5 unspecified atom stereocenters. The lowest BCUT2D eigenvalue weighted by Crippen LogP contribution is -2.76. The van der Waals surface area contributed by atoms with Gasteiger partial charge in [-0.05, 0) is 159 Å². The molecule has 6 fully saturated rings. The number of aryl methyl sites for hydroxylation is 1. The third-order valence-electron chi connectivity index (χ3n) is 22.8. The molecule has 3 aliphatic carbocycles. The normalized spacial score (nSPS) is 30.8. The molecule has 3 saturated heterocycles. The van der Waals surface area contributed by atoms with Gasteiger partial charge in [-0.2, -0.15) is 13.2 Å². The van der Waals surface area contributed by atoms with E-state index in [-0.39, 0.29) is 52.7 Å². The number of amides is 1. The minimum absolute atomic E-state index is 0.0429. The van der Waals surface area contributed by atoms with Crippen molar-refractivity contribution in [2.45, 2.75) is 276 Å². The third-order valence-corrected chi connectivity index (χ3v) is 23.1. The van der Waals surface area contributed by atoms with Crippen molar-refractivity contribution in [3.63, 3.8) is 0 Å². The lowest BCUT2D eigenvalue weighted by atomic mass is 9.74. The molecule has 0 bridgehead atoms. The van der Waals surface area contributed by atoms with Crippen LogP contribution in [-0.4, -0.2) is 163 Å². The van der Waals surface area contributed by atoms with E-state index in [4.69, 9.17) is 16.6 Å². The Bertz CT molecular complexity index is 2530. The van der Waals surface area contributed by atoms with E-state index in [1.54, 1.807) is 0 Å². The largest absolute Gasteiger partial charge is 0.417 e. The number of allylic oxidation sites excluding steroid dienone is 4. The summed E-state index contributed by atoms with van der Waals surface area (Å²) in [6, 6.07) is 6.12. The number of benzene rings is 1. The average molecular weight is 1290 g/mol. The van der Waals surface area contributed by atoms with E-state index >= 15 is 0 Å². The standard InChI is InChI=1S/C74H124ClF3N12O/c1-12-53(4)67-47-83-70(61-27-18-14-19-28-61)55(6)82-48-68-69(72(91)88-41-22-15-23-42-88)58(9)90(68)71(52(2)3)56(7)85-73(35-20-21-36-73)51-80-39-38-79-37-34-62(32-30-60-31-33-65(66(75)46-60)74(76,77)78)81-40-44-86(10)49-64(45-59-25-16-13-17-26-59)87(11)50-63-29-24-43-89(63)57(8)54(5)84-67/h31,33-34,37,40,44,46,49-50,52-59,61,67-71,80-85H,12-30,32,35-36,38-39,41-43,45,47-48,51H2,1-11H3/t53-,54?,55?,56?,57-,58?,67+,68?,69-,70+,71-/m0/s1. The Balaban J connectivity index is 1.09. The Morgan fingerprint density at radius 3 is 2.19 bits per heavy atom. The predicted molar refractivity (Wildman–Crippen MR) is 373 cm³/mol. The van der Waals surface area contributed by atoms with Crippen LogP contribution in [0, 0.1) is 29.6 Å². The smallest absolute Gasteiger partial charge is 0.369 e. The summed E-state index contributed by atoms with van der Waals surface area (Å²) in [4.78, 5) is 32.0. The quantitative estimate of drug-likeness (QED) is 0.134. The van der Waals surface area contributed by atoms with Crippen molar-refractivity contribution in [3.05, 3.63) is 82.3 Å². The number of nitrogens with zero attached hydrogens (tertiary/aromatic N) is 6. The highest BCUT2D eigenvalue weighted by Crippen LogP contribution is 2.42. The van der Waals surface area contributed by atoms with E-state index in [1.165, 1.54) is 107 Å². The number of likely N-dealkylation sites (tertiary alicyclic amines) is 1. The van der Waals surface area contributed by atoms with Crippen molar-refractivity contribution >= 4 is 23.7 Å². The molecule has 7 aliphatic rings. The minimum atomic E-state index is -4.51. The summed E-state index contributed by atoms with van der Waals surface area (Å²) in [5, 5.41) is 24.2. The molecule has 1 aromatic carbocycles. The van der Waals surface area contributed by atoms with Gasteiger partial charge in [0.25, 0.3) is 0 Å². The Hall–Kier alpha value is -3.64. The molecule has 17 heteroatoms. The Kier molecular flexibility index (Phi) is 28.5. The van der Waals surface area contributed by atoms with Gasteiger partial charge >= 0.3 is 6.18 Å². The van der Waals surface area contributed by atoms with Gasteiger partial charge in [0.2, 0.25) is 5.91 Å². The molecule has 13 nitrogen and oxygen atoms in total. The number of hydrogen-bond acceptors (Lipinski definition) is 12. The van der Waals surface area contributed by atoms with Crippen LogP contribution in [-0.2, 0) is 17.4 Å². The van der Waals surface area contributed by atoms with Gasteiger partial charge in [-0.1, -0.05) is 116 Å². The maximum Gasteiger partial charge on any atom is 0.417 e. The zero-order valence-corrected chi connectivity index (χ0v) is 59.1. The van der Waals surface area contributed by atoms with Crippen LogP contribution in [0.5, 0.6) is 0 Å². The van der Waals surface area contributed by atoms with Crippen LogP contribution in [0.25, 0.3) is 0 Å². The molecule has 4 heterocycles. The number of carbonyl (C=O) groups excluding carboxylic acids is 1. The number of aliphatic imine (C=N–C) groups is 1. The van der Waals surface area contributed by atoms with Crippen molar-refractivity contribution in [3.8, 4) is 0 Å². The fourth-order valence-electron chi connectivity index (χ4n) is 17.1. The predicted octanol–water partition coefficient (Wildman–Crippen LogP) is 13.8. The number of rotatable bonds is 10. The van der Waals surface area contributed by atoms with Crippen molar-refractivity contribution in [2.75, 3.05) is 66.5 Å². The summed E-state index contributed by atoms with van der Waals surface area (Å²) in [5.74, 6) is 2.42. The van der Waals surface area contributed by atoms with Gasteiger partial charge < -0.3 is 51.5 Å². The molecular weight excluding hydrogens is 1170 g/mol. The van der Waals surface area contributed by atoms with E-state index in [9.17, 15) is 18.0 Å². The molecule has 6 N–H and O–H groups in total. The monoisotopic (exact) mass is 1290 g/mol. The van der Waals surface area contributed by atoms with Gasteiger partial charge in [-0.3, -0.25) is 14.7 Å². The Morgan fingerprint density at radius 1 is 0.802 bits per heavy atom. The molecule has 0 aromatic heterocycles.